The van der Waals surface area contributed by atoms with Crippen molar-refractivity contribution in [2.45, 2.75) is 31.1 Å². The largest absolute Gasteiger partial charge is 0.398 e. The zero-order valence-electron chi connectivity index (χ0n) is 12.0. The molecular formula is C15H15F3N4O. The molecule has 122 valence electrons. The van der Waals surface area contributed by atoms with Crippen LogP contribution >= 0.6 is 0 Å². The van der Waals surface area contributed by atoms with Crippen LogP contribution in [-0.4, -0.2) is 34.5 Å². The third-order valence-electron chi connectivity index (χ3n) is 5.00. The van der Waals surface area contributed by atoms with Crippen molar-refractivity contribution in [2.75, 3.05) is 0 Å². The zero-order chi connectivity index (χ0) is 16.4. The Morgan fingerprint density at radius 3 is 2.61 bits per heavy atom. The minimum absolute atomic E-state index is 0.274. The van der Waals surface area contributed by atoms with E-state index in [1.165, 1.54) is 6.21 Å². The molecule has 1 aliphatic heterocycles. The Kier molecular flexibility index (Phi) is 3.03. The number of H-pyrrole nitrogens is 1. The number of nitrogens with two attached hydrogens (primary N) is 1. The number of hydrogen-bond donors (Lipinski definition) is 2. The van der Waals surface area contributed by atoms with Gasteiger partial charge in [-0.3, -0.25) is 14.9 Å². The van der Waals surface area contributed by atoms with E-state index in [-0.39, 0.29) is 5.92 Å². The number of aromatic amines is 1. The molecule has 5 nitrogen and oxygen atoms in total. The van der Waals surface area contributed by atoms with E-state index in [9.17, 15) is 18.0 Å². The fourth-order valence-corrected chi connectivity index (χ4v) is 3.76. The number of dihydropyridines is 1. The van der Waals surface area contributed by atoms with Crippen LogP contribution in [0.1, 0.15) is 30.1 Å². The van der Waals surface area contributed by atoms with Crippen LogP contribution in [0.3, 0.4) is 0 Å². The highest BCUT2D eigenvalue weighted by Crippen LogP contribution is 2.61. The highest BCUT2D eigenvalue weighted by molar-refractivity contribution is 6.09. The molecular weight excluding hydrogens is 309 g/mol. The summed E-state index contributed by atoms with van der Waals surface area (Å²) in [5.74, 6) is -0.515. The lowest BCUT2D eigenvalue weighted by atomic mass is 9.98. The second-order valence-corrected chi connectivity index (χ2v) is 6.47. The number of allylic oxidation sites excluding steroid dienone is 1. The van der Waals surface area contributed by atoms with Gasteiger partial charge in [0.1, 0.15) is 17.9 Å². The summed E-state index contributed by atoms with van der Waals surface area (Å²) in [5.41, 5.74) is 7.06. The van der Waals surface area contributed by atoms with Gasteiger partial charge < -0.3 is 5.73 Å². The fraction of sp³-hybridized carbons (Fsp3) is 0.533. The first-order chi connectivity index (χ1) is 10.8. The molecule has 4 rings (SSSR count). The molecule has 8 heteroatoms. The lowest BCUT2D eigenvalue weighted by Gasteiger charge is -2.24. The average Bonchev–Trinajstić information content (AvgIpc) is 2.87. The van der Waals surface area contributed by atoms with E-state index < -0.39 is 18.3 Å². The van der Waals surface area contributed by atoms with E-state index in [4.69, 9.17) is 5.73 Å². The summed E-state index contributed by atoms with van der Waals surface area (Å²) in [6.45, 7) is 0. The van der Waals surface area contributed by atoms with Crippen LogP contribution < -0.4 is 5.73 Å². The van der Waals surface area contributed by atoms with Crippen LogP contribution in [0.2, 0.25) is 0 Å². The average molecular weight is 324 g/mol. The Bertz CT molecular complexity index is 707. The molecule has 1 aromatic rings. The van der Waals surface area contributed by atoms with Gasteiger partial charge >= 0.3 is 6.18 Å². The number of carbonyl (C=O) groups is 1. The molecule has 2 heterocycles. The van der Waals surface area contributed by atoms with E-state index >= 15 is 0 Å². The number of nitrogens with zero attached hydrogens (tertiary/aromatic N) is 2. The summed E-state index contributed by atoms with van der Waals surface area (Å²) in [7, 11) is 0. The standard InChI is InChI=1S/C15H15F3N4O/c16-15(17,18)10-1-6(5-20-14(10)19)11-4-12(22-21-11)13-8-2-7(23)3-9(8)13/h1,4-5,8-10,13-14H,2-3,19H2,(H,21,22)/t8-,9+,10-,13?,14?/m0/s1. The minimum Gasteiger partial charge on any atom is -0.309 e. The first-order valence-electron chi connectivity index (χ1n) is 7.49. The van der Waals surface area contributed by atoms with Crippen molar-refractivity contribution in [3.63, 3.8) is 0 Å². The molecule has 2 unspecified atom stereocenters. The minimum atomic E-state index is -4.44. The van der Waals surface area contributed by atoms with E-state index in [0.717, 1.165) is 11.8 Å². The molecule has 3 aliphatic rings. The lowest BCUT2D eigenvalue weighted by molar-refractivity contribution is -0.165. The van der Waals surface area contributed by atoms with Crippen molar-refractivity contribution < 1.29 is 18.0 Å². The van der Waals surface area contributed by atoms with Crippen molar-refractivity contribution in [3.05, 3.63) is 23.5 Å². The van der Waals surface area contributed by atoms with Gasteiger partial charge in [0, 0.05) is 36.2 Å². The van der Waals surface area contributed by atoms with Gasteiger partial charge in [0.25, 0.3) is 0 Å². The number of halogens is 3. The third kappa shape index (κ3) is 2.41. The predicted molar refractivity (Wildman–Crippen MR) is 76.5 cm³/mol. The molecule has 2 saturated carbocycles. The second kappa shape index (κ2) is 4.77. The van der Waals surface area contributed by atoms with Gasteiger partial charge in [-0.05, 0) is 17.9 Å². The van der Waals surface area contributed by atoms with Crippen molar-refractivity contribution in [3.8, 4) is 0 Å². The molecule has 3 N–H and O–H groups in total. The SMILES string of the molecule is NC1N=CC(c2cc(C3[C@H]4CC(=O)C[C@@H]34)[nH]n2)=C[C@@H]1C(F)(F)F. The number of Topliss-reactive ketones (excluding diaryl/α,β-unsaturated/α-hetero) is 1. The van der Waals surface area contributed by atoms with E-state index in [1.807, 2.05) is 0 Å². The number of nitrogens with one attached hydrogen (secondary N) is 1. The van der Waals surface area contributed by atoms with Crippen LogP contribution in [0.15, 0.2) is 17.1 Å². The Morgan fingerprint density at radius 2 is 1.96 bits per heavy atom. The van der Waals surface area contributed by atoms with E-state index in [1.54, 1.807) is 6.07 Å². The fourth-order valence-electron chi connectivity index (χ4n) is 3.76. The molecule has 0 spiro atoms. The quantitative estimate of drug-likeness (QED) is 0.873. The Hall–Kier alpha value is -1.96. The molecule has 2 aliphatic carbocycles. The summed E-state index contributed by atoms with van der Waals surface area (Å²) < 4.78 is 38.9. The van der Waals surface area contributed by atoms with Gasteiger partial charge in [0.05, 0.1) is 5.69 Å². The number of aliphatic imine (C=N–C) groups is 1. The number of hydrogen-bond acceptors (Lipinski definition) is 4. The highest BCUT2D eigenvalue weighted by Gasteiger charge is 2.57. The van der Waals surface area contributed by atoms with Gasteiger partial charge in [0.2, 0.25) is 0 Å². The van der Waals surface area contributed by atoms with Gasteiger partial charge in [0.15, 0.2) is 0 Å². The third-order valence-corrected chi connectivity index (χ3v) is 5.00. The zero-order valence-corrected chi connectivity index (χ0v) is 12.0. The van der Waals surface area contributed by atoms with Gasteiger partial charge in [-0.15, -0.1) is 0 Å². The Balaban J connectivity index is 1.55. The summed E-state index contributed by atoms with van der Waals surface area (Å²) in [5, 5.41) is 7.01. The highest BCUT2D eigenvalue weighted by atomic mass is 19.4. The normalized spacial score (nSPS) is 36.1. The van der Waals surface area contributed by atoms with Crippen LogP contribution in [0, 0.1) is 17.8 Å². The Morgan fingerprint density at radius 1 is 1.26 bits per heavy atom. The molecule has 0 bridgehead atoms. The maximum atomic E-state index is 13.0. The smallest absolute Gasteiger partial charge is 0.309 e. The van der Waals surface area contributed by atoms with Gasteiger partial charge in [-0.2, -0.15) is 18.3 Å². The van der Waals surface area contributed by atoms with Crippen molar-refractivity contribution in [2.24, 2.45) is 28.5 Å². The Labute approximate surface area is 129 Å². The van der Waals surface area contributed by atoms with Crippen LogP contribution in [0.5, 0.6) is 0 Å². The summed E-state index contributed by atoms with van der Waals surface area (Å²) in [6, 6.07) is 1.76. The monoisotopic (exact) mass is 324 g/mol. The van der Waals surface area contributed by atoms with Gasteiger partial charge in [-0.1, -0.05) is 6.08 Å². The van der Waals surface area contributed by atoms with E-state index in [0.29, 0.717) is 41.7 Å². The number of aromatic nitrogens is 2. The first kappa shape index (κ1) is 14.6. The van der Waals surface area contributed by atoms with Crippen molar-refractivity contribution in [1.82, 2.24) is 10.2 Å². The van der Waals surface area contributed by atoms with Crippen LogP contribution in [-0.2, 0) is 4.79 Å². The molecule has 0 saturated heterocycles. The first-order valence-corrected chi connectivity index (χ1v) is 7.49. The number of rotatable bonds is 2. The maximum Gasteiger partial charge on any atom is 0.398 e. The molecule has 5 atom stereocenters. The number of alkyl halides is 3. The van der Waals surface area contributed by atoms with Crippen molar-refractivity contribution in [1.29, 1.82) is 0 Å². The van der Waals surface area contributed by atoms with Crippen LogP contribution in [0.4, 0.5) is 13.2 Å². The maximum absolute atomic E-state index is 13.0. The van der Waals surface area contributed by atoms with Gasteiger partial charge in [-0.25, -0.2) is 0 Å². The molecule has 0 aromatic carbocycles. The van der Waals surface area contributed by atoms with Crippen LogP contribution in [0.25, 0.3) is 5.57 Å². The second-order valence-electron chi connectivity index (χ2n) is 6.47. The molecule has 23 heavy (non-hydrogen) atoms. The summed E-state index contributed by atoms with van der Waals surface area (Å²) >= 11 is 0. The molecule has 0 radical (unpaired) electrons. The topological polar surface area (TPSA) is 84.1 Å². The predicted octanol–water partition coefficient (Wildman–Crippen LogP) is 2.03. The number of carbonyl (C=O) groups excluding carboxylic acids is 1. The molecule has 0 amide bonds. The molecule has 2 fully saturated rings. The lowest BCUT2D eigenvalue weighted by Crippen LogP contribution is -2.39. The molecule has 1 aromatic heterocycles. The number of fused-ring (bicyclic) bond motifs is 1. The van der Waals surface area contributed by atoms with Crippen molar-refractivity contribution >= 4 is 17.6 Å². The van der Waals surface area contributed by atoms with E-state index in [2.05, 4.69) is 15.2 Å². The number of ketones is 1. The summed E-state index contributed by atoms with van der Waals surface area (Å²) in [6.07, 6.45) is -2.14. The summed E-state index contributed by atoms with van der Waals surface area (Å²) in [4.78, 5) is 15.0.